The van der Waals surface area contributed by atoms with Crippen molar-refractivity contribution in [3.63, 3.8) is 0 Å². The van der Waals surface area contributed by atoms with Crippen LogP contribution in [0.1, 0.15) is 18.4 Å². The number of nitrogens with one attached hydrogen (secondary N) is 1. The third kappa shape index (κ3) is 4.59. The number of rotatable bonds is 6. The lowest BCUT2D eigenvalue weighted by molar-refractivity contribution is -0.118. The molecule has 1 aromatic heterocycles. The zero-order valence-corrected chi connectivity index (χ0v) is 16.0. The summed E-state index contributed by atoms with van der Waals surface area (Å²) in [5, 5.41) is 19.3. The number of halogens is 2. The number of ether oxygens (including phenoxy) is 1. The van der Waals surface area contributed by atoms with E-state index in [9.17, 15) is 9.90 Å². The minimum atomic E-state index is -0.401. The zero-order chi connectivity index (χ0) is 19.4. The second kappa shape index (κ2) is 8.41. The van der Waals surface area contributed by atoms with Gasteiger partial charge >= 0.3 is 0 Å². The number of H-pyrrole nitrogens is 1. The highest BCUT2D eigenvalue weighted by Gasteiger charge is 2.12. The number of para-hydroxylation sites is 1. The van der Waals surface area contributed by atoms with Crippen molar-refractivity contribution in [3.8, 4) is 11.6 Å². The number of amides is 1. The SMILES string of the molecule is Cc1cccc2c(N=NC(=O)CCCOc3ccc(Cl)cc3Cl)c(O)[nH]c12. The van der Waals surface area contributed by atoms with Crippen molar-refractivity contribution in [2.45, 2.75) is 19.8 Å². The quantitative estimate of drug-likeness (QED) is 0.391. The van der Waals surface area contributed by atoms with Crippen LogP contribution in [0.5, 0.6) is 11.6 Å². The summed E-state index contributed by atoms with van der Waals surface area (Å²) >= 11 is 11.8. The number of aromatic hydroxyl groups is 1. The maximum absolute atomic E-state index is 11.9. The second-order valence-electron chi connectivity index (χ2n) is 5.94. The van der Waals surface area contributed by atoms with Gasteiger partial charge in [0.2, 0.25) is 5.88 Å². The molecular weight excluding hydrogens is 389 g/mol. The van der Waals surface area contributed by atoms with Gasteiger partial charge in [-0.1, -0.05) is 41.4 Å². The molecule has 8 heteroatoms. The Kier molecular flexibility index (Phi) is 5.98. The number of hydrogen-bond donors (Lipinski definition) is 2. The van der Waals surface area contributed by atoms with E-state index in [-0.39, 0.29) is 18.0 Å². The predicted octanol–water partition coefficient (Wildman–Crippen LogP) is 5.96. The summed E-state index contributed by atoms with van der Waals surface area (Å²) in [5.41, 5.74) is 1.99. The van der Waals surface area contributed by atoms with Crippen LogP contribution in [-0.2, 0) is 4.79 Å². The first-order valence-corrected chi connectivity index (χ1v) is 9.04. The van der Waals surface area contributed by atoms with Crippen molar-refractivity contribution in [1.82, 2.24) is 4.98 Å². The van der Waals surface area contributed by atoms with Gasteiger partial charge in [0, 0.05) is 16.8 Å². The summed E-state index contributed by atoms with van der Waals surface area (Å²) in [4.78, 5) is 14.8. The molecule has 2 aromatic carbocycles. The molecule has 0 fully saturated rings. The molecule has 1 amide bonds. The molecule has 0 saturated carbocycles. The van der Waals surface area contributed by atoms with Gasteiger partial charge in [0.1, 0.15) is 5.75 Å². The lowest BCUT2D eigenvalue weighted by Gasteiger charge is -2.07. The number of nitrogens with zero attached hydrogens (tertiary/aromatic N) is 2. The lowest BCUT2D eigenvalue weighted by atomic mass is 10.1. The number of aromatic amines is 1. The average molecular weight is 406 g/mol. The van der Waals surface area contributed by atoms with Crippen molar-refractivity contribution in [2.75, 3.05) is 6.61 Å². The molecule has 6 nitrogen and oxygen atoms in total. The van der Waals surface area contributed by atoms with Crippen molar-refractivity contribution >= 4 is 45.7 Å². The molecule has 140 valence electrons. The van der Waals surface area contributed by atoms with Crippen LogP contribution in [0.3, 0.4) is 0 Å². The van der Waals surface area contributed by atoms with E-state index < -0.39 is 5.91 Å². The molecule has 0 atom stereocenters. The first-order valence-electron chi connectivity index (χ1n) is 8.28. The number of carbonyl (C=O) groups excluding carboxylic acids is 1. The number of aromatic nitrogens is 1. The summed E-state index contributed by atoms with van der Waals surface area (Å²) in [6, 6.07) is 10.5. The summed E-state index contributed by atoms with van der Waals surface area (Å²) in [7, 11) is 0. The van der Waals surface area contributed by atoms with Crippen LogP contribution in [-0.4, -0.2) is 22.6 Å². The van der Waals surface area contributed by atoms with E-state index >= 15 is 0 Å². The molecule has 1 heterocycles. The van der Waals surface area contributed by atoms with E-state index in [1.165, 1.54) is 0 Å². The van der Waals surface area contributed by atoms with Crippen molar-refractivity contribution < 1.29 is 14.6 Å². The summed E-state index contributed by atoms with van der Waals surface area (Å²) in [5.74, 6) is -0.00648. The van der Waals surface area contributed by atoms with Gasteiger partial charge in [-0.3, -0.25) is 4.79 Å². The molecule has 0 saturated heterocycles. The Labute approximate surface area is 165 Å². The highest BCUT2D eigenvalue weighted by Crippen LogP contribution is 2.36. The molecule has 0 spiro atoms. The van der Waals surface area contributed by atoms with E-state index in [1.54, 1.807) is 24.3 Å². The van der Waals surface area contributed by atoms with Gasteiger partial charge in [-0.15, -0.1) is 10.2 Å². The molecule has 0 aliphatic rings. The normalized spacial score (nSPS) is 11.4. The summed E-state index contributed by atoms with van der Waals surface area (Å²) in [6.45, 7) is 2.22. The molecule has 0 aliphatic carbocycles. The fourth-order valence-electron chi connectivity index (χ4n) is 2.59. The molecule has 0 unspecified atom stereocenters. The monoisotopic (exact) mass is 405 g/mol. The Morgan fingerprint density at radius 3 is 2.85 bits per heavy atom. The topological polar surface area (TPSA) is 87.0 Å². The van der Waals surface area contributed by atoms with E-state index in [0.717, 1.165) is 11.1 Å². The minimum Gasteiger partial charge on any atom is -0.493 e. The van der Waals surface area contributed by atoms with Gasteiger partial charge in [0.05, 0.1) is 17.1 Å². The van der Waals surface area contributed by atoms with Crippen LogP contribution in [0.25, 0.3) is 10.9 Å². The van der Waals surface area contributed by atoms with Crippen LogP contribution in [0.2, 0.25) is 10.0 Å². The molecule has 27 heavy (non-hydrogen) atoms. The Morgan fingerprint density at radius 1 is 1.26 bits per heavy atom. The van der Waals surface area contributed by atoms with E-state index in [0.29, 0.717) is 34.2 Å². The number of azo groups is 1. The van der Waals surface area contributed by atoms with Crippen LogP contribution in [0.4, 0.5) is 5.69 Å². The first-order chi connectivity index (χ1) is 13.0. The standard InChI is InChI=1S/C19H17Cl2N3O3/c1-11-4-2-5-13-17(11)22-19(26)18(13)24-23-16(25)6-3-9-27-15-8-7-12(20)10-14(15)21/h2,4-5,7-8,10,22,26H,3,6,9H2,1H3. The molecule has 0 radical (unpaired) electrons. The average Bonchev–Trinajstić information content (AvgIpc) is 2.95. The highest BCUT2D eigenvalue weighted by atomic mass is 35.5. The largest absolute Gasteiger partial charge is 0.493 e. The Balaban J connectivity index is 1.55. The van der Waals surface area contributed by atoms with E-state index in [4.69, 9.17) is 27.9 Å². The Morgan fingerprint density at radius 2 is 2.07 bits per heavy atom. The summed E-state index contributed by atoms with van der Waals surface area (Å²) in [6.07, 6.45) is 0.618. The number of fused-ring (bicyclic) bond motifs is 1. The third-order valence-corrected chi connectivity index (χ3v) is 4.47. The van der Waals surface area contributed by atoms with Gasteiger partial charge in [0.25, 0.3) is 5.91 Å². The highest BCUT2D eigenvalue weighted by molar-refractivity contribution is 6.35. The van der Waals surface area contributed by atoms with Crippen molar-refractivity contribution in [1.29, 1.82) is 0 Å². The van der Waals surface area contributed by atoms with Crippen LogP contribution < -0.4 is 4.74 Å². The second-order valence-corrected chi connectivity index (χ2v) is 6.78. The van der Waals surface area contributed by atoms with Crippen molar-refractivity contribution in [3.05, 3.63) is 52.0 Å². The smallest absolute Gasteiger partial charge is 0.264 e. The van der Waals surface area contributed by atoms with E-state index in [1.807, 2.05) is 19.1 Å². The zero-order valence-electron chi connectivity index (χ0n) is 14.5. The maximum atomic E-state index is 11.9. The molecule has 3 rings (SSSR count). The molecule has 2 N–H and O–H groups in total. The Bertz CT molecular complexity index is 1010. The van der Waals surface area contributed by atoms with Gasteiger partial charge in [0.15, 0.2) is 5.69 Å². The molecular formula is C19H17Cl2N3O3. The molecule has 0 aliphatic heterocycles. The maximum Gasteiger partial charge on any atom is 0.264 e. The number of carbonyl (C=O) groups is 1. The Hall–Kier alpha value is -2.57. The molecule has 0 bridgehead atoms. The van der Waals surface area contributed by atoms with Gasteiger partial charge in [-0.05, 0) is 37.1 Å². The molecule has 3 aromatic rings. The third-order valence-electron chi connectivity index (χ3n) is 3.94. The van der Waals surface area contributed by atoms with Crippen LogP contribution >= 0.6 is 23.2 Å². The van der Waals surface area contributed by atoms with Gasteiger partial charge in [-0.25, -0.2) is 0 Å². The predicted molar refractivity (Wildman–Crippen MR) is 105 cm³/mol. The van der Waals surface area contributed by atoms with E-state index in [2.05, 4.69) is 15.2 Å². The lowest BCUT2D eigenvalue weighted by Crippen LogP contribution is -2.01. The minimum absolute atomic E-state index is 0.114. The number of hydrogen-bond acceptors (Lipinski definition) is 4. The fourth-order valence-corrected chi connectivity index (χ4v) is 3.05. The van der Waals surface area contributed by atoms with Crippen molar-refractivity contribution in [2.24, 2.45) is 10.2 Å². The van der Waals surface area contributed by atoms with Crippen LogP contribution in [0.15, 0.2) is 46.6 Å². The summed E-state index contributed by atoms with van der Waals surface area (Å²) < 4.78 is 5.52. The van der Waals surface area contributed by atoms with Gasteiger partial charge in [-0.2, -0.15) is 0 Å². The van der Waals surface area contributed by atoms with Crippen LogP contribution in [0, 0.1) is 6.92 Å². The first kappa shape index (κ1) is 19.2. The number of aryl methyl sites for hydroxylation is 1. The fraction of sp³-hybridized carbons (Fsp3) is 0.211. The number of benzene rings is 2. The van der Waals surface area contributed by atoms with Gasteiger partial charge < -0.3 is 14.8 Å².